The van der Waals surface area contributed by atoms with Gasteiger partial charge in [0.05, 0.1) is 0 Å². The van der Waals surface area contributed by atoms with Crippen molar-refractivity contribution in [2.75, 3.05) is 0 Å². The van der Waals surface area contributed by atoms with Gasteiger partial charge in [-0.2, -0.15) is 0 Å². The van der Waals surface area contributed by atoms with Crippen molar-refractivity contribution in [3.63, 3.8) is 0 Å². The van der Waals surface area contributed by atoms with Crippen LogP contribution >= 0.6 is 0 Å². The van der Waals surface area contributed by atoms with E-state index in [1.807, 2.05) is 6.07 Å². The van der Waals surface area contributed by atoms with Gasteiger partial charge in [0.15, 0.2) is 5.78 Å². The topological polar surface area (TPSA) is 32.9 Å². The predicted molar refractivity (Wildman–Crippen MR) is 55.2 cm³/mol. The van der Waals surface area contributed by atoms with E-state index in [2.05, 4.69) is 4.98 Å². The lowest BCUT2D eigenvalue weighted by Gasteiger charge is -1.98. The van der Waals surface area contributed by atoms with Gasteiger partial charge >= 0.3 is 0 Å². The number of halogens is 1. The molecule has 76 valence electrons. The third kappa shape index (κ3) is 2.31. The minimum absolute atomic E-state index is 0.00500. The summed E-state index contributed by atoms with van der Waals surface area (Å²) in [7, 11) is 0. The number of Topliss-reactive ketones (excluding diaryl/α,β-unsaturated/α-hetero) is 1. The Labute approximate surface area is 86.8 Å². The molecular weight excluding hydrogens is 193 g/mol. The van der Waals surface area contributed by atoms with Gasteiger partial charge in [0.25, 0.3) is 0 Å². The van der Waals surface area contributed by atoms with Crippen LogP contribution in [0, 0.1) is 5.82 Å². The highest BCUT2D eigenvalue weighted by atomic mass is 19.1. The highest BCUT2D eigenvalue weighted by Crippen LogP contribution is 2.08. The van der Waals surface area contributed by atoms with Gasteiger partial charge in [-0.1, -0.05) is 0 Å². The summed E-state index contributed by atoms with van der Waals surface area (Å²) in [6, 6.07) is 7.45. The van der Waals surface area contributed by atoms with Crippen LogP contribution in [0.25, 0.3) is 0 Å². The number of aromatic nitrogens is 1. The van der Waals surface area contributed by atoms with Crippen LogP contribution in [0.4, 0.5) is 4.39 Å². The smallest absolute Gasteiger partial charge is 0.167 e. The number of benzene rings is 1. The van der Waals surface area contributed by atoms with Gasteiger partial charge in [-0.25, -0.2) is 4.39 Å². The first-order valence-corrected chi connectivity index (χ1v) is 4.66. The fraction of sp³-hybridized carbons (Fsp3) is 0.0833. The average Bonchev–Trinajstić information content (AvgIpc) is 2.71. The Morgan fingerprint density at radius 2 is 1.93 bits per heavy atom. The van der Waals surface area contributed by atoms with Crippen molar-refractivity contribution in [3.8, 4) is 0 Å². The fourth-order valence-electron chi connectivity index (χ4n) is 1.39. The molecule has 0 bridgehead atoms. The van der Waals surface area contributed by atoms with Gasteiger partial charge in [-0.3, -0.25) is 4.79 Å². The van der Waals surface area contributed by atoms with Crippen LogP contribution in [0.1, 0.15) is 15.9 Å². The van der Waals surface area contributed by atoms with Crippen molar-refractivity contribution in [2.45, 2.75) is 6.42 Å². The van der Waals surface area contributed by atoms with Gasteiger partial charge in [0, 0.05) is 24.4 Å². The van der Waals surface area contributed by atoms with Crippen LogP contribution in [-0.2, 0) is 6.42 Å². The number of hydrogen-bond acceptors (Lipinski definition) is 1. The Morgan fingerprint density at radius 1 is 1.20 bits per heavy atom. The summed E-state index contributed by atoms with van der Waals surface area (Å²) in [6.45, 7) is 0. The summed E-state index contributed by atoms with van der Waals surface area (Å²) in [4.78, 5) is 14.6. The van der Waals surface area contributed by atoms with E-state index in [1.54, 1.807) is 12.4 Å². The Morgan fingerprint density at radius 3 is 2.53 bits per heavy atom. The van der Waals surface area contributed by atoms with Crippen molar-refractivity contribution in [1.82, 2.24) is 4.98 Å². The number of carbonyl (C=O) groups is 1. The van der Waals surface area contributed by atoms with Gasteiger partial charge in [-0.05, 0) is 35.9 Å². The number of aromatic amines is 1. The molecule has 1 N–H and O–H groups in total. The summed E-state index contributed by atoms with van der Waals surface area (Å²) < 4.78 is 12.6. The summed E-state index contributed by atoms with van der Waals surface area (Å²) in [6.07, 6.45) is 3.89. The van der Waals surface area contributed by atoms with E-state index in [0.29, 0.717) is 12.0 Å². The molecule has 2 aromatic rings. The first kappa shape index (κ1) is 9.65. The zero-order chi connectivity index (χ0) is 10.7. The highest BCUT2D eigenvalue weighted by molar-refractivity contribution is 5.97. The van der Waals surface area contributed by atoms with E-state index < -0.39 is 0 Å². The number of nitrogens with one attached hydrogen (secondary N) is 1. The Balaban J connectivity index is 2.11. The third-order valence-corrected chi connectivity index (χ3v) is 2.19. The second-order valence-electron chi connectivity index (χ2n) is 3.33. The van der Waals surface area contributed by atoms with Gasteiger partial charge in [0.1, 0.15) is 5.82 Å². The largest absolute Gasteiger partial charge is 0.367 e. The first-order valence-electron chi connectivity index (χ1n) is 4.66. The first-order chi connectivity index (χ1) is 7.25. The molecule has 0 aliphatic carbocycles. The molecule has 0 aliphatic rings. The van der Waals surface area contributed by atoms with Crippen LogP contribution in [0.2, 0.25) is 0 Å². The molecule has 0 aliphatic heterocycles. The van der Waals surface area contributed by atoms with E-state index in [-0.39, 0.29) is 11.6 Å². The van der Waals surface area contributed by atoms with Gasteiger partial charge in [0.2, 0.25) is 0 Å². The lowest BCUT2D eigenvalue weighted by molar-refractivity contribution is 0.0993. The predicted octanol–water partition coefficient (Wildman–Crippen LogP) is 2.58. The molecule has 1 heterocycles. The van der Waals surface area contributed by atoms with Crippen LogP contribution in [-0.4, -0.2) is 10.8 Å². The summed E-state index contributed by atoms with van der Waals surface area (Å²) in [5.41, 5.74) is 1.47. The molecule has 2 nitrogen and oxygen atoms in total. The third-order valence-electron chi connectivity index (χ3n) is 2.19. The number of rotatable bonds is 3. The quantitative estimate of drug-likeness (QED) is 0.764. The molecule has 0 saturated carbocycles. The van der Waals surface area contributed by atoms with Crippen LogP contribution in [0.3, 0.4) is 0 Å². The number of hydrogen-bond donors (Lipinski definition) is 1. The maximum absolute atomic E-state index is 12.6. The minimum atomic E-state index is -0.326. The molecule has 0 spiro atoms. The second kappa shape index (κ2) is 4.09. The summed E-state index contributed by atoms with van der Waals surface area (Å²) in [5, 5.41) is 0. The van der Waals surface area contributed by atoms with Crippen molar-refractivity contribution >= 4 is 5.78 Å². The Bertz CT molecular complexity index is 445. The molecule has 1 aromatic heterocycles. The highest BCUT2D eigenvalue weighted by Gasteiger charge is 2.06. The van der Waals surface area contributed by atoms with Crippen LogP contribution < -0.4 is 0 Å². The normalized spacial score (nSPS) is 10.2. The molecule has 3 heteroatoms. The zero-order valence-electron chi connectivity index (χ0n) is 8.03. The molecule has 1 aromatic carbocycles. The summed E-state index contributed by atoms with van der Waals surface area (Å²) in [5.74, 6) is -0.331. The molecule has 0 radical (unpaired) electrons. The van der Waals surface area contributed by atoms with Crippen molar-refractivity contribution in [2.24, 2.45) is 0 Å². The lowest BCUT2D eigenvalue weighted by Crippen LogP contribution is -2.02. The van der Waals surface area contributed by atoms with Crippen LogP contribution in [0.5, 0.6) is 0 Å². The van der Waals surface area contributed by atoms with Crippen molar-refractivity contribution < 1.29 is 9.18 Å². The molecule has 0 atom stereocenters. The molecule has 0 saturated heterocycles. The molecular formula is C12H10FNO. The standard InChI is InChI=1S/C12H10FNO/c13-11-3-1-10(2-4-11)12(15)7-9-5-6-14-8-9/h1-6,8,14H,7H2. The van der Waals surface area contributed by atoms with E-state index in [9.17, 15) is 9.18 Å². The fourth-order valence-corrected chi connectivity index (χ4v) is 1.39. The van der Waals surface area contributed by atoms with E-state index in [4.69, 9.17) is 0 Å². The Kier molecular flexibility index (Phi) is 2.63. The minimum Gasteiger partial charge on any atom is -0.367 e. The summed E-state index contributed by atoms with van der Waals surface area (Å²) >= 11 is 0. The average molecular weight is 203 g/mol. The molecule has 15 heavy (non-hydrogen) atoms. The molecule has 0 fully saturated rings. The van der Waals surface area contributed by atoms with Crippen LogP contribution in [0.15, 0.2) is 42.7 Å². The van der Waals surface area contributed by atoms with E-state index in [0.717, 1.165) is 5.56 Å². The van der Waals surface area contributed by atoms with Gasteiger partial charge < -0.3 is 4.98 Å². The number of carbonyl (C=O) groups excluding carboxylic acids is 1. The maximum Gasteiger partial charge on any atom is 0.167 e. The number of ketones is 1. The van der Waals surface area contributed by atoms with Crippen molar-refractivity contribution in [1.29, 1.82) is 0 Å². The maximum atomic E-state index is 12.6. The SMILES string of the molecule is O=C(Cc1cc[nH]c1)c1ccc(F)cc1. The lowest BCUT2D eigenvalue weighted by atomic mass is 10.1. The van der Waals surface area contributed by atoms with E-state index >= 15 is 0 Å². The van der Waals surface area contributed by atoms with Crippen molar-refractivity contribution in [3.05, 3.63) is 59.7 Å². The Hall–Kier alpha value is -1.90. The zero-order valence-corrected chi connectivity index (χ0v) is 8.03. The number of H-pyrrole nitrogens is 1. The molecule has 0 unspecified atom stereocenters. The molecule has 0 amide bonds. The monoisotopic (exact) mass is 203 g/mol. The molecule has 2 rings (SSSR count). The van der Waals surface area contributed by atoms with Gasteiger partial charge in [-0.15, -0.1) is 0 Å². The van der Waals surface area contributed by atoms with E-state index in [1.165, 1.54) is 24.3 Å². The second-order valence-corrected chi connectivity index (χ2v) is 3.33.